The van der Waals surface area contributed by atoms with Crippen LogP contribution in [0.25, 0.3) is 11.3 Å². The highest BCUT2D eigenvalue weighted by Crippen LogP contribution is 2.44. The fourth-order valence-electron chi connectivity index (χ4n) is 3.05. The number of fused-ring (bicyclic) bond motifs is 3. The summed E-state index contributed by atoms with van der Waals surface area (Å²) in [6.45, 7) is 5.59. The van der Waals surface area contributed by atoms with Crippen molar-refractivity contribution in [2.24, 2.45) is 0 Å². The Morgan fingerprint density at radius 3 is 2.81 bits per heavy atom. The number of carbonyl (C=O) groups excluding carboxylic acids is 1. The molecule has 0 radical (unpaired) electrons. The van der Waals surface area contributed by atoms with Gasteiger partial charge in [-0.05, 0) is 35.8 Å². The van der Waals surface area contributed by atoms with Crippen LogP contribution in [0.15, 0.2) is 40.9 Å². The number of amides is 1. The normalized spacial score (nSPS) is 15.5. The summed E-state index contributed by atoms with van der Waals surface area (Å²) in [6.07, 6.45) is -0.596. The van der Waals surface area contributed by atoms with Gasteiger partial charge < -0.3 is 4.74 Å². The van der Waals surface area contributed by atoms with Gasteiger partial charge in [0.2, 0.25) is 23.2 Å². The van der Waals surface area contributed by atoms with Gasteiger partial charge in [-0.2, -0.15) is 4.98 Å². The molecule has 3 heterocycles. The number of para-hydroxylation sites is 1. The van der Waals surface area contributed by atoms with E-state index in [0.29, 0.717) is 16.7 Å². The Morgan fingerprint density at radius 2 is 2.11 bits per heavy atom. The van der Waals surface area contributed by atoms with E-state index in [-0.39, 0.29) is 5.91 Å². The van der Waals surface area contributed by atoms with Crippen molar-refractivity contribution in [3.05, 3.63) is 46.2 Å². The summed E-state index contributed by atoms with van der Waals surface area (Å²) in [4.78, 5) is 19.9. The molecule has 0 fully saturated rings. The Labute approximate surface area is 165 Å². The van der Waals surface area contributed by atoms with Gasteiger partial charge in [0.05, 0.1) is 10.6 Å². The maximum absolute atomic E-state index is 12.6. The Morgan fingerprint density at radius 1 is 1.30 bits per heavy atom. The second-order valence-electron chi connectivity index (χ2n) is 6.03. The monoisotopic (exact) mass is 398 g/mol. The number of aromatic nitrogens is 3. The number of carbonyl (C=O) groups is 1. The Bertz CT molecular complexity index is 1000. The highest BCUT2D eigenvalue weighted by molar-refractivity contribution is 7.99. The molecule has 1 aliphatic rings. The number of hydrogen-bond donors (Lipinski definition) is 0. The first-order chi connectivity index (χ1) is 13.1. The van der Waals surface area contributed by atoms with Crippen LogP contribution in [0.5, 0.6) is 5.88 Å². The number of nitrogens with zero attached hydrogens (tertiary/aromatic N) is 4. The first-order valence-electron chi connectivity index (χ1n) is 8.57. The molecule has 0 saturated heterocycles. The third-order valence-electron chi connectivity index (χ3n) is 4.25. The highest BCUT2D eigenvalue weighted by Gasteiger charge is 2.35. The number of ether oxygens (including phenoxy) is 1. The van der Waals surface area contributed by atoms with E-state index in [4.69, 9.17) is 4.74 Å². The molecule has 2 aromatic heterocycles. The van der Waals surface area contributed by atoms with Crippen LogP contribution in [0.4, 0.5) is 5.69 Å². The van der Waals surface area contributed by atoms with Crippen molar-refractivity contribution in [1.82, 2.24) is 15.2 Å². The van der Waals surface area contributed by atoms with Crippen LogP contribution < -0.4 is 9.64 Å². The molecule has 0 aliphatic carbocycles. The fourth-order valence-corrected chi connectivity index (χ4v) is 4.50. The molecule has 6 nitrogen and oxygen atoms in total. The molecule has 0 bridgehead atoms. The van der Waals surface area contributed by atoms with E-state index >= 15 is 0 Å². The molecule has 138 valence electrons. The Kier molecular flexibility index (Phi) is 4.84. The highest BCUT2D eigenvalue weighted by atomic mass is 32.2. The molecule has 0 saturated carbocycles. The van der Waals surface area contributed by atoms with Gasteiger partial charge in [-0.3, -0.25) is 9.69 Å². The second kappa shape index (κ2) is 7.28. The largest absolute Gasteiger partial charge is 0.446 e. The summed E-state index contributed by atoms with van der Waals surface area (Å²) in [6, 6.07) is 9.66. The summed E-state index contributed by atoms with van der Waals surface area (Å²) in [5.41, 5.74) is 3.15. The number of hydrogen-bond acceptors (Lipinski definition) is 7. The minimum absolute atomic E-state index is 0.107. The van der Waals surface area contributed by atoms with Gasteiger partial charge >= 0.3 is 0 Å². The molecule has 27 heavy (non-hydrogen) atoms. The topological polar surface area (TPSA) is 68.2 Å². The lowest BCUT2D eigenvalue weighted by molar-refractivity contribution is -0.118. The van der Waals surface area contributed by atoms with E-state index in [0.717, 1.165) is 27.4 Å². The number of aryl methyl sites for hydroxylation is 1. The van der Waals surface area contributed by atoms with Crippen molar-refractivity contribution in [2.75, 3.05) is 10.7 Å². The van der Waals surface area contributed by atoms with Crippen LogP contribution in [-0.4, -0.2) is 26.8 Å². The molecule has 1 aliphatic heterocycles. The Balaban J connectivity index is 1.96. The molecule has 4 rings (SSSR count). The quantitative estimate of drug-likeness (QED) is 0.607. The van der Waals surface area contributed by atoms with E-state index in [1.807, 2.05) is 49.6 Å². The maximum Gasteiger partial charge on any atom is 0.247 e. The van der Waals surface area contributed by atoms with E-state index in [1.165, 1.54) is 11.8 Å². The van der Waals surface area contributed by atoms with Gasteiger partial charge in [0.25, 0.3) is 0 Å². The van der Waals surface area contributed by atoms with E-state index in [9.17, 15) is 4.79 Å². The molecule has 1 amide bonds. The average Bonchev–Trinajstić information content (AvgIpc) is 3.01. The van der Waals surface area contributed by atoms with Crippen molar-refractivity contribution >= 4 is 34.7 Å². The molecule has 3 aromatic rings. The van der Waals surface area contributed by atoms with Gasteiger partial charge in [0, 0.05) is 12.5 Å². The number of anilines is 1. The van der Waals surface area contributed by atoms with Gasteiger partial charge in [0.1, 0.15) is 0 Å². The third kappa shape index (κ3) is 3.19. The smallest absolute Gasteiger partial charge is 0.247 e. The van der Waals surface area contributed by atoms with Gasteiger partial charge in [-0.25, -0.2) is 0 Å². The minimum Gasteiger partial charge on any atom is -0.446 e. The van der Waals surface area contributed by atoms with E-state index < -0.39 is 6.23 Å². The third-order valence-corrected chi connectivity index (χ3v) is 6.02. The summed E-state index contributed by atoms with van der Waals surface area (Å²) in [7, 11) is 0. The van der Waals surface area contributed by atoms with E-state index in [1.54, 1.807) is 23.2 Å². The van der Waals surface area contributed by atoms with Crippen LogP contribution in [0.2, 0.25) is 0 Å². The zero-order chi connectivity index (χ0) is 19.0. The number of thioether (sulfide) groups is 1. The lowest BCUT2D eigenvalue weighted by Gasteiger charge is -2.29. The first-order valence-corrected chi connectivity index (χ1v) is 10.4. The van der Waals surface area contributed by atoms with Crippen molar-refractivity contribution in [1.29, 1.82) is 0 Å². The lowest BCUT2D eigenvalue weighted by Crippen LogP contribution is -2.35. The maximum atomic E-state index is 12.6. The lowest BCUT2D eigenvalue weighted by atomic mass is 10.1. The number of thiophene rings is 1. The molecule has 0 unspecified atom stereocenters. The van der Waals surface area contributed by atoms with Crippen LogP contribution in [0.1, 0.15) is 30.5 Å². The van der Waals surface area contributed by atoms with Gasteiger partial charge in [-0.1, -0.05) is 36.9 Å². The summed E-state index contributed by atoms with van der Waals surface area (Å²) in [5, 5.41) is 11.2. The molecular formula is C19H18N4O2S2. The number of benzene rings is 1. The van der Waals surface area contributed by atoms with E-state index in [2.05, 4.69) is 15.2 Å². The summed E-state index contributed by atoms with van der Waals surface area (Å²) >= 11 is 3.06. The SMILES string of the molecule is CCSc1nnc2c(n1)O[C@@H](c1sccc1C)N(C(C)=O)c1ccccc1-2. The van der Waals surface area contributed by atoms with Crippen LogP contribution in [0, 0.1) is 6.92 Å². The predicted octanol–water partition coefficient (Wildman–Crippen LogP) is 4.46. The van der Waals surface area contributed by atoms with Gasteiger partial charge in [0.15, 0.2) is 5.69 Å². The van der Waals surface area contributed by atoms with Crippen molar-refractivity contribution in [3.63, 3.8) is 0 Å². The average molecular weight is 399 g/mol. The van der Waals surface area contributed by atoms with Gasteiger partial charge in [-0.15, -0.1) is 21.5 Å². The zero-order valence-corrected chi connectivity index (χ0v) is 16.8. The first kappa shape index (κ1) is 17.9. The Hall–Kier alpha value is -2.45. The molecule has 1 aromatic carbocycles. The molecular weight excluding hydrogens is 380 g/mol. The molecule has 0 N–H and O–H groups in total. The van der Waals surface area contributed by atoms with Crippen LogP contribution in [0.3, 0.4) is 0 Å². The van der Waals surface area contributed by atoms with Crippen molar-refractivity contribution in [2.45, 2.75) is 32.2 Å². The summed E-state index contributed by atoms with van der Waals surface area (Å²) < 4.78 is 6.31. The minimum atomic E-state index is -0.596. The zero-order valence-electron chi connectivity index (χ0n) is 15.2. The molecule has 0 spiro atoms. The van der Waals surface area contributed by atoms with Crippen molar-refractivity contribution < 1.29 is 9.53 Å². The molecule has 1 atom stereocenters. The predicted molar refractivity (Wildman–Crippen MR) is 107 cm³/mol. The van der Waals surface area contributed by atoms with Crippen LogP contribution >= 0.6 is 23.1 Å². The summed E-state index contributed by atoms with van der Waals surface area (Å²) in [5.74, 6) is 1.13. The standard InChI is InChI=1S/C19H18N4O2S2/c1-4-26-19-20-17-15(21-22-19)13-7-5-6-8-14(13)23(12(3)24)18(25-17)16-11(2)9-10-27-16/h5-10,18H,4H2,1-3H3/t18-/m0/s1. The number of rotatable bonds is 3. The molecule has 8 heteroatoms. The fraction of sp³-hybridized carbons (Fsp3) is 0.263. The van der Waals surface area contributed by atoms with Crippen molar-refractivity contribution in [3.8, 4) is 17.1 Å². The second-order valence-corrected chi connectivity index (χ2v) is 8.20. The van der Waals surface area contributed by atoms with Crippen LogP contribution in [-0.2, 0) is 4.79 Å².